The fourth-order valence-corrected chi connectivity index (χ4v) is 6.35. The molecule has 1 fully saturated rings. The molecule has 0 saturated carbocycles. The Kier molecular flexibility index (Phi) is 7.75. The number of β-lactam (4-membered cyclic amide) rings is 1. The average Bonchev–Trinajstić information content (AvgIpc) is 3.27. The summed E-state index contributed by atoms with van der Waals surface area (Å²) in [4.78, 5) is 48.1. The smallest absolute Gasteiger partial charge is 0.407 e. The zero-order valence-corrected chi connectivity index (χ0v) is 20.9. The highest BCUT2D eigenvalue weighted by Crippen LogP contribution is 2.41. The van der Waals surface area contributed by atoms with Crippen LogP contribution in [0.1, 0.15) is 5.69 Å². The molecule has 2 atom stereocenters. The zero-order valence-electron chi connectivity index (χ0n) is 18.5. The number of thioether (sulfide) groups is 2. The molecule has 0 bridgehead atoms. The van der Waals surface area contributed by atoms with Crippen LogP contribution in [0.15, 0.2) is 50.6 Å². The molecule has 36 heavy (non-hydrogen) atoms. The van der Waals surface area contributed by atoms with Crippen LogP contribution < -0.4 is 15.6 Å². The number of aliphatic carboxylic acids is 1. The Labute approximate surface area is 215 Å². The van der Waals surface area contributed by atoms with Gasteiger partial charge in [0, 0.05) is 38.8 Å². The lowest BCUT2D eigenvalue weighted by molar-refractivity contribution is -0.671. The van der Waals surface area contributed by atoms with Crippen LogP contribution in [0.3, 0.4) is 0 Å². The van der Waals surface area contributed by atoms with Gasteiger partial charge in [0.1, 0.15) is 24.5 Å². The van der Waals surface area contributed by atoms with Crippen LogP contribution in [-0.2, 0) is 26.3 Å². The first kappa shape index (κ1) is 25.8. The van der Waals surface area contributed by atoms with E-state index in [1.807, 2.05) is 36.1 Å². The zero-order chi connectivity index (χ0) is 26.0. The minimum Gasteiger partial charge on any atom is -0.477 e. The number of anilines is 1. The molecule has 0 unspecified atom stereocenters. The van der Waals surface area contributed by atoms with Crippen molar-refractivity contribution in [3.8, 4) is 0 Å². The van der Waals surface area contributed by atoms with E-state index in [4.69, 9.17) is 5.73 Å². The summed E-state index contributed by atoms with van der Waals surface area (Å²) < 4.78 is 26.9. The number of oxime groups is 1. The third-order valence-corrected chi connectivity index (χ3v) is 8.25. The second-order valence-electron chi connectivity index (χ2n) is 7.48. The summed E-state index contributed by atoms with van der Waals surface area (Å²) in [5.74, 6) is -2.20. The van der Waals surface area contributed by atoms with Crippen molar-refractivity contribution in [2.45, 2.75) is 23.6 Å². The maximum Gasteiger partial charge on any atom is 0.407 e. The standard InChI is InChI=1S/C20H18F2N6O5S3/c1-27-4-2-9(3-5-27)34-8-12-15(18(31)32)28-11(7-35-12)14(17(28)30)25-16(29)13(26-33-19(21)22)10-6-36-20(23)24-10/h2-6,11,14,19H,7-8H2,1H3,(H3-,23,24,25,29,31,32)/p+1/b26-13-/t11-,14+/m1/s1. The van der Waals surface area contributed by atoms with Crippen LogP contribution in [-0.4, -0.2) is 68.7 Å². The molecule has 0 aliphatic carbocycles. The van der Waals surface area contributed by atoms with E-state index in [9.17, 15) is 28.3 Å². The molecule has 11 nitrogen and oxygen atoms in total. The molecule has 2 aromatic rings. The molecule has 4 heterocycles. The number of carboxylic acid groups (broad SMARTS) is 1. The van der Waals surface area contributed by atoms with Gasteiger partial charge in [0.15, 0.2) is 23.2 Å². The number of nitrogens with two attached hydrogens (primary N) is 1. The van der Waals surface area contributed by atoms with E-state index in [2.05, 4.69) is 20.3 Å². The van der Waals surface area contributed by atoms with Gasteiger partial charge in [0.2, 0.25) is 0 Å². The van der Waals surface area contributed by atoms with Gasteiger partial charge in [-0.25, -0.2) is 14.3 Å². The number of carbonyl (C=O) groups excluding carboxylic acids is 2. The first-order chi connectivity index (χ1) is 17.2. The summed E-state index contributed by atoms with van der Waals surface area (Å²) in [6, 6.07) is 2.08. The lowest BCUT2D eigenvalue weighted by Crippen LogP contribution is -2.73. The molecule has 1 saturated heterocycles. The number of nitrogens with zero attached hydrogens (tertiary/aromatic N) is 4. The normalized spacial score (nSPS) is 19.7. The maximum atomic E-state index is 12.9. The number of aromatic nitrogens is 2. The van der Waals surface area contributed by atoms with Gasteiger partial charge in [-0.15, -0.1) is 34.9 Å². The van der Waals surface area contributed by atoms with Crippen LogP contribution in [0, 0.1) is 0 Å². The van der Waals surface area contributed by atoms with Gasteiger partial charge in [-0.05, 0) is 0 Å². The SMILES string of the molecule is C[n+]1ccc(SCC2=C(C(=O)O)N3C(=O)[C@@H](NC(=O)/C(=N\OC(F)F)c4csc(N)n4)[C@H]3CS2)cc1. The average molecular weight is 558 g/mol. The van der Waals surface area contributed by atoms with Crippen molar-refractivity contribution in [3.05, 3.63) is 46.2 Å². The predicted octanol–water partition coefficient (Wildman–Crippen LogP) is 1.02. The Morgan fingerprint density at radius 1 is 1.44 bits per heavy atom. The predicted molar refractivity (Wildman–Crippen MR) is 128 cm³/mol. The van der Waals surface area contributed by atoms with E-state index >= 15 is 0 Å². The second-order valence-corrected chi connectivity index (χ2v) is 10.5. The van der Waals surface area contributed by atoms with Crippen molar-refractivity contribution in [1.29, 1.82) is 0 Å². The number of fused-ring (bicyclic) bond motifs is 1. The number of nitrogen functional groups attached to an aromatic ring is 1. The number of thiazole rings is 1. The van der Waals surface area contributed by atoms with Crippen molar-refractivity contribution in [2.24, 2.45) is 12.2 Å². The van der Waals surface area contributed by atoms with Crippen molar-refractivity contribution >= 4 is 63.5 Å². The molecule has 0 aromatic carbocycles. The van der Waals surface area contributed by atoms with Gasteiger partial charge in [-0.2, -0.15) is 8.78 Å². The van der Waals surface area contributed by atoms with Crippen LogP contribution in [0.25, 0.3) is 0 Å². The van der Waals surface area contributed by atoms with E-state index in [-0.39, 0.29) is 16.5 Å². The van der Waals surface area contributed by atoms with E-state index in [1.165, 1.54) is 28.9 Å². The minimum atomic E-state index is -3.28. The molecule has 16 heteroatoms. The summed E-state index contributed by atoms with van der Waals surface area (Å²) in [6.45, 7) is -3.28. The summed E-state index contributed by atoms with van der Waals surface area (Å²) in [5, 5.41) is 16.8. The van der Waals surface area contributed by atoms with E-state index < -0.39 is 42.2 Å². The second kappa shape index (κ2) is 10.8. The highest BCUT2D eigenvalue weighted by atomic mass is 32.2. The highest BCUT2D eigenvalue weighted by Gasteiger charge is 2.54. The van der Waals surface area contributed by atoms with Gasteiger partial charge < -0.3 is 21.0 Å². The van der Waals surface area contributed by atoms with Crippen LogP contribution >= 0.6 is 34.9 Å². The number of amides is 2. The first-order valence-electron chi connectivity index (χ1n) is 10.2. The number of aryl methyl sites for hydroxylation is 1. The molecule has 2 aliphatic rings. The van der Waals surface area contributed by atoms with E-state index in [1.54, 1.807) is 0 Å². The van der Waals surface area contributed by atoms with Gasteiger partial charge >= 0.3 is 12.6 Å². The maximum absolute atomic E-state index is 12.9. The van der Waals surface area contributed by atoms with Crippen molar-refractivity contribution in [3.63, 3.8) is 0 Å². The number of carboxylic acids is 1. The Balaban J connectivity index is 1.49. The summed E-state index contributed by atoms with van der Waals surface area (Å²) >= 11 is 3.68. The minimum absolute atomic E-state index is 0.0724. The quantitative estimate of drug-likeness (QED) is 0.135. The fraction of sp³-hybridized carbons (Fsp3) is 0.300. The number of hydrogen-bond acceptors (Lipinski definition) is 10. The monoisotopic (exact) mass is 557 g/mol. The Bertz CT molecular complexity index is 1250. The number of hydrogen-bond donors (Lipinski definition) is 3. The van der Waals surface area contributed by atoms with Crippen molar-refractivity contribution in [1.82, 2.24) is 15.2 Å². The number of carbonyl (C=O) groups is 3. The van der Waals surface area contributed by atoms with Crippen LogP contribution in [0.4, 0.5) is 13.9 Å². The molecule has 0 spiro atoms. The molecule has 190 valence electrons. The Hall–Kier alpha value is -3.24. The molecule has 2 aliphatic heterocycles. The summed E-state index contributed by atoms with van der Waals surface area (Å²) in [7, 11) is 1.88. The van der Waals surface area contributed by atoms with Crippen molar-refractivity contribution in [2.75, 3.05) is 17.2 Å². The molecule has 4 N–H and O–H groups in total. The summed E-state index contributed by atoms with van der Waals surface area (Å²) in [5.41, 5.74) is 4.73. The van der Waals surface area contributed by atoms with E-state index in [0.717, 1.165) is 21.1 Å². The molecular formula is C20H19F2N6O5S3+. The van der Waals surface area contributed by atoms with Gasteiger partial charge in [-0.3, -0.25) is 14.5 Å². The van der Waals surface area contributed by atoms with Gasteiger partial charge in [0.05, 0.1) is 6.04 Å². The lowest BCUT2D eigenvalue weighted by Gasteiger charge is -2.49. The molecular weight excluding hydrogens is 538 g/mol. The van der Waals surface area contributed by atoms with Crippen LogP contribution in [0.5, 0.6) is 0 Å². The summed E-state index contributed by atoms with van der Waals surface area (Å²) in [6.07, 6.45) is 3.74. The first-order valence-corrected chi connectivity index (χ1v) is 13.1. The molecule has 0 radical (unpaired) electrons. The largest absolute Gasteiger partial charge is 0.477 e. The number of nitrogens with one attached hydrogen (secondary N) is 1. The molecule has 4 rings (SSSR count). The Morgan fingerprint density at radius 2 is 2.17 bits per heavy atom. The molecule has 2 aromatic heterocycles. The third-order valence-electron chi connectivity index (χ3n) is 5.16. The molecule has 2 amide bonds. The van der Waals surface area contributed by atoms with Gasteiger partial charge in [-0.1, -0.05) is 5.16 Å². The third kappa shape index (κ3) is 5.44. The lowest BCUT2D eigenvalue weighted by atomic mass is 9.94. The number of rotatable bonds is 9. The highest BCUT2D eigenvalue weighted by molar-refractivity contribution is 8.06. The van der Waals surface area contributed by atoms with Crippen molar-refractivity contribution < 1.29 is 37.7 Å². The van der Waals surface area contributed by atoms with Gasteiger partial charge in [0.25, 0.3) is 11.8 Å². The number of halogens is 2. The number of alkyl halides is 2. The Morgan fingerprint density at radius 3 is 2.78 bits per heavy atom. The van der Waals surface area contributed by atoms with Crippen LogP contribution in [0.2, 0.25) is 0 Å². The fourth-order valence-electron chi connectivity index (χ4n) is 3.51. The topological polar surface area (TPSA) is 151 Å². The number of pyridine rings is 1. The van der Waals surface area contributed by atoms with E-state index in [0.29, 0.717) is 16.4 Å².